The summed E-state index contributed by atoms with van der Waals surface area (Å²) in [7, 11) is 1.68. The monoisotopic (exact) mass is 304 g/mol. The molecule has 0 atom stereocenters. The van der Waals surface area contributed by atoms with Crippen molar-refractivity contribution in [2.75, 3.05) is 33.4 Å². The molecule has 0 spiro atoms. The number of rotatable bonds is 5. The van der Waals surface area contributed by atoms with Crippen LogP contribution in [0.15, 0.2) is 23.3 Å². The molecule has 0 unspecified atom stereocenters. The van der Waals surface area contributed by atoms with Crippen LogP contribution in [-0.4, -0.2) is 50.7 Å². The first-order valence-corrected chi connectivity index (χ1v) is 8.06. The van der Waals surface area contributed by atoms with Crippen molar-refractivity contribution < 1.29 is 14.2 Å². The topological polar surface area (TPSA) is 43.3 Å². The van der Waals surface area contributed by atoms with Gasteiger partial charge in [-0.05, 0) is 49.4 Å². The lowest BCUT2D eigenvalue weighted by Gasteiger charge is -2.23. The van der Waals surface area contributed by atoms with Gasteiger partial charge in [0.05, 0.1) is 45.7 Å². The van der Waals surface area contributed by atoms with Crippen LogP contribution in [0.25, 0.3) is 0 Å². The van der Waals surface area contributed by atoms with Gasteiger partial charge in [-0.1, -0.05) is 0 Å². The zero-order valence-corrected chi connectivity index (χ0v) is 13.2. The number of hydrazone groups is 1. The molecule has 5 nitrogen and oxygen atoms in total. The van der Waals surface area contributed by atoms with E-state index in [1.54, 1.807) is 7.11 Å². The molecular weight excluding hydrogens is 280 g/mol. The van der Waals surface area contributed by atoms with Crippen molar-refractivity contribution >= 4 is 6.21 Å². The zero-order chi connectivity index (χ0) is 15.2. The molecule has 22 heavy (non-hydrogen) atoms. The molecule has 1 aliphatic carbocycles. The van der Waals surface area contributed by atoms with E-state index in [1.807, 2.05) is 29.4 Å². The van der Waals surface area contributed by atoms with Gasteiger partial charge in [-0.25, -0.2) is 0 Å². The Bertz CT molecular complexity index is 507. The quantitative estimate of drug-likeness (QED) is 0.785. The fraction of sp³-hybridized carbons (Fsp3) is 0.588. The van der Waals surface area contributed by atoms with E-state index in [9.17, 15) is 0 Å². The highest BCUT2D eigenvalue weighted by Gasteiger charge is 2.18. The molecule has 0 radical (unpaired) electrons. The molecule has 0 amide bonds. The van der Waals surface area contributed by atoms with Gasteiger partial charge in [0.25, 0.3) is 0 Å². The van der Waals surface area contributed by atoms with Crippen molar-refractivity contribution in [1.29, 1.82) is 0 Å². The maximum atomic E-state index is 6.11. The molecule has 0 N–H and O–H groups in total. The first kappa shape index (κ1) is 15.2. The van der Waals surface area contributed by atoms with E-state index in [1.165, 1.54) is 12.8 Å². The van der Waals surface area contributed by atoms with Crippen molar-refractivity contribution in [3.63, 3.8) is 0 Å². The van der Waals surface area contributed by atoms with Gasteiger partial charge in [-0.3, -0.25) is 5.01 Å². The summed E-state index contributed by atoms with van der Waals surface area (Å²) in [5.41, 5.74) is 1.03. The third kappa shape index (κ3) is 3.91. The van der Waals surface area contributed by atoms with E-state index in [0.717, 1.165) is 56.2 Å². The third-order valence-electron chi connectivity index (χ3n) is 4.14. The minimum Gasteiger partial charge on any atom is -0.493 e. The summed E-state index contributed by atoms with van der Waals surface area (Å²) >= 11 is 0. The molecule has 1 aromatic rings. The first-order valence-electron chi connectivity index (χ1n) is 8.06. The smallest absolute Gasteiger partial charge is 0.162 e. The molecule has 2 fully saturated rings. The van der Waals surface area contributed by atoms with Crippen LogP contribution >= 0.6 is 0 Å². The van der Waals surface area contributed by atoms with Crippen LogP contribution in [0.4, 0.5) is 0 Å². The third-order valence-corrected chi connectivity index (χ3v) is 4.14. The summed E-state index contributed by atoms with van der Waals surface area (Å²) in [6.07, 6.45) is 6.98. The predicted octanol–water partition coefficient (Wildman–Crippen LogP) is 2.68. The van der Waals surface area contributed by atoms with Crippen LogP contribution < -0.4 is 9.47 Å². The Morgan fingerprint density at radius 3 is 2.68 bits per heavy atom. The van der Waals surface area contributed by atoms with Gasteiger partial charge in [0.15, 0.2) is 11.5 Å². The lowest BCUT2D eigenvalue weighted by atomic mass is 10.2. The summed E-state index contributed by atoms with van der Waals surface area (Å²) in [5, 5.41) is 6.55. The van der Waals surface area contributed by atoms with Crippen molar-refractivity contribution in [1.82, 2.24) is 5.01 Å². The second-order valence-electron chi connectivity index (χ2n) is 5.75. The Balaban J connectivity index is 1.69. The lowest BCUT2D eigenvalue weighted by Crippen LogP contribution is -2.32. The van der Waals surface area contributed by atoms with E-state index < -0.39 is 0 Å². The van der Waals surface area contributed by atoms with Gasteiger partial charge in [0, 0.05) is 0 Å². The average molecular weight is 304 g/mol. The van der Waals surface area contributed by atoms with Crippen LogP contribution in [0.3, 0.4) is 0 Å². The molecule has 2 aliphatic rings. The van der Waals surface area contributed by atoms with Crippen LogP contribution in [0.5, 0.6) is 11.5 Å². The van der Waals surface area contributed by atoms with Gasteiger partial charge < -0.3 is 14.2 Å². The SMILES string of the molecule is COc1ccc(/C=N/N2CCOCC2)cc1OC1CCCC1. The van der Waals surface area contributed by atoms with Crippen molar-refractivity contribution in [3.05, 3.63) is 23.8 Å². The molecule has 1 heterocycles. The normalized spacial score (nSPS) is 19.8. The van der Waals surface area contributed by atoms with Crippen LogP contribution in [0, 0.1) is 0 Å². The number of hydrogen-bond acceptors (Lipinski definition) is 5. The van der Waals surface area contributed by atoms with Gasteiger partial charge in [0.2, 0.25) is 0 Å². The summed E-state index contributed by atoms with van der Waals surface area (Å²) in [6.45, 7) is 3.18. The Morgan fingerprint density at radius 2 is 1.95 bits per heavy atom. The highest BCUT2D eigenvalue weighted by Crippen LogP contribution is 2.32. The fourth-order valence-electron chi connectivity index (χ4n) is 2.87. The van der Waals surface area contributed by atoms with E-state index in [0.29, 0.717) is 6.10 Å². The van der Waals surface area contributed by atoms with Crippen molar-refractivity contribution in [2.45, 2.75) is 31.8 Å². The largest absolute Gasteiger partial charge is 0.493 e. The van der Waals surface area contributed by atoms with Crippen LogP contribution in [0.2, 0.25) is 0 Å². The predicted molar refractivity (Wildman–Crippen MR) is 85.9 cm³/mol. The maximum Gasteiger partial charge on any atom is 0.162 e. The average Bonchev–Trinajstić information content (AvgIpc) is 3.07. The van der Waals surface area contributed by atoms with E-state index >= 15 is 0 Å². The summed E-state index contributed by atoms with van der Waals surface area (Å²) < 4.78 is 16.8. The molecular formula is C17H24N2O3. The Morgan fingerprint density at radius 1 is 1.18 bits per heavy atom. The van der Waals surface area contributed by atoms with Gasteiger partial charge in [0.1, 0.15) is 0 Å². The van der Waals surface area contributed by atoms with Gasteiger partial charge in [-0.15, -0.1) is 0 Å². The maximum absolute atomic E-state index is 6.11. The summed E-state index contributed by atoms with van der Waals surface area (Å²) in [4.78, 5) is 0. The molecule has 5 heteroatoms. The van der Waals surface area contributed by atoms with Crippen molar-refractivity contribution in [2.24, 2.45) is 5.10 Å². The van der Waals surface area contributed by atoms with Crippen molar-refractivity contribution in [3.8, 4) is 11.5 Å². The molecule has 120 valence electrons. The first-order chi connectivity index (χ1) is 10.8. The minimum absolute atomic E-state index is 0.320. The molecule has 1 saturated heterocycles. The number of morpholine rings is 1. The van der Waals surface area contributed by atoms with Crippen LogP contribution in [-0.2, 0) is 4.74 Å². The fourth-order valence-corrected chi connectivity index (χ4v) is 2.87. The number of hydrogen-bond donors (Lipinski definition) is 0. The summed E-state index contributed by atoms with van der Waals surface area (Å²) in [5.74, 6) is 1.61. The number of ether oxygens (including phenoxy) is 3. The second kappa shape index (κ2) is 7.49. The van der Waals surface area contributed by atoms with Gasteiger partial charge >= 0.3 is 0 Å². The number of methoxy groups -OCH3 is 1. The van der Waals surface area contributed by atoms with E-state index in [-0.39, 0.29) is 0 Å². The molecule has 1 aliphatic heterocycles. The Labute approximate surface area is 131 Å². The van der Waals surface area contributed by atoms with E-state index in [4.69, 9.17) is 14.2 Å². The number of benzene rings is 1. The second-order valence-corrected chi connectivity index (χ2v) is 5.75. The molecule has 1 aromatic carbocycles. The molecule has 3 rings (SSSR count). The Kier molecular flexibility index (Phi) is 5.16. The van der Waals surface area contributed by atoms with Crippen LogP contribution in [0.1, 0.15) is 31.2 Å². The molecule has 0 aromatic heterocycles. The number of nitrogens with zero attached hydrogens (tertiary/aromatic N) is 2. The highest BCUT2D eigenvalue weighted by atomic mass is 16.5. The molecule has 0 bridgehead atoms. The zero-order valence-electron chi connectivity index (χ0n) is 13.2. The highest BCUT2D eigenvalue weighted by molar-refractivity contribution is 5.80. The van der Waals surface area contributed by atoms with Gasteiger partial charge in [-0.2, -0.15) is 5.10 Å². The van der Waals surface area contributed by atoms with E-state index in [2.05, 4.69) is 5.10 Å². The minimum atomic E-state index is 0.320. The molecule has 1 saturated carbocycles. The standard InChI is InChI=1S/C17H24N2O3/c1-20-16-7-6-14(13-18-19-8-10-21-11-9-19)12-17(16)22-15-4-2-3-5-15/h6-7,12-13,15H,2-5,8-11H2,1H3/b18-13+. The lowest BCUT2D eigenvalue weighted by molar-refractivity contribution is 0.0397. The summed E-state index contributed by atoms with van der Waals surface area (Å²) in [6, 6.07) is 5.97. The Hall–Kier alpha value is -1.75.